The van der Waals surface area contributed by atoms with Crippen LogP contribution in [0.1, 0.15) is 48.1 Å². The number of Topliss-reactive ketones (excluding diaryl/α,β-unsaturated/α-hetero) is 1. The number of unbranched alkanes of at least 4 members (excludes halogenated alkanes) is 1. The van der Waals surface area contributed by atoms with Gasteiger partial charge in [-0.2, -0.15) is 0 Å². The van der Waals surface area contributed by atoms with E-state index < -0.39 is 0 Å². The van der Waals surface area contributed by atoms with Gasteiger partial charge in [-0.15, -0.1) is 0 Å². The molecule has 3 rings (SSSR count). The van der Waals surface area contributed by atoms with Gasteiger partial charge < -0.3 is 10.1 Å². The number of fused-ring (bicyclic) bond motifs is 1. The monoisotopic (exact) mass is 295 g/mol. The lowest BCUT2D eigenvalue weighted by Gasteiger charge is -2.26. The third-order valence-corrected chi connectivity index (χ3v) is 4.00. The zero-order valence-electron chi connectivity index (χ0n) is 12.8. The van der Waals surface area contributed by atoms with Crippen molar-refractivity contribution in [2.24, 2.45) is 0 Å². The topological polar surface area (TPSA) is 38.3 Å². The molecule has 0 bridgehead atoms. The molecule has 1 aliphatic heterocycles. The maximum absolute atomic E-state index is 12.2. The Hall–Kier alpha value is -2.29. The summed E-state index contributed by atoms with van der Waals surface area (Å²) >= 11 is 0. The summed E-state index contributed by atoms with van der Waals surface area (Å²) in [6.45, 7) is 2.90. The maximum atomic E-state index is 12.2. The van der Waals surface area contributed by atoms with Crippen LogP contribution in [0.2, 0.25) is 0 Å². The van der Waals surface area contributed by atoms with E-state index in [1.54, 1.807) is 0 Å². The lowest BCUT2D eigenvalue weighted by Crippen LogP contribution is -2.22. The molecule has 0 saturated heterocycles. The van der Waals surface area contributed by atoms with Crippen molar-refractivity contribution in [1.29, 1.82) is 0 Å². The molecule has 0 radical (unpaired) electrons. The minimum atomic E-state index is 0.0343. The first-order valence-corrected chi connectivity index (χ1v) is 7.89. The summed E-state index contributed by atoms with van der Waals surface area (Å²) in [5.74, 6) is 1.09. The van der Waals surface area contributed by atoms with Gasteiger partial charge in [0.15, 0.2) is 5.78 Å². The van der Waals surface area contributed by atoms with E-state index in [0.29, 0.717) is 6.42 Å². The van der Waals surface area contributed by atoms with Crippen LogP contribution in [0.3, 0.4) is 0 Å². The lowest BCUT2D eigenvalue weighted by molar-refractivity contribution is 0.0972. The Balaban J connectivity index is 1.71. The van der Waals surface area contributed by atoms with E-state index in [4.69, 9.17) is 4.74 Å². The first kappa shape index (κ1) is 14.6. The number of hydrogen-bond acceptors (Lipinski definition) is 3. The van der Waals surface area contributed by atoms with E-state index in [1.165, 1.54) is 0 Å². The third-order valence-electron chi connectivity index (χ3n) is 4.00. The van der Waals surface area contributed by atoms with Crippen molar-refractivity contribution < 1.29 is 9.53 Å². The van der Waals surface area contributed by atoms with Gasteiger partial charge in [0.05, 0.1) is 12.6 Å². The molecule has 1 N–H and O–H groups in total. The number of ether oxygens (including phenoxy) is 1. The van der Waals surface area contributed by atoms with Gasteiger partial charge in [0.1, 0.15) is 5.75 Å². The average Bonchev–Trinajstić information content (AvgIpc) is 2.56. The van der Waals surface area contributed by atoms with Crippen LogP contribution in [-0.4, -0.2) is 12.4 Å². The standard InChI is InChI=1S/C19H21NO2/c1-2-3-12-22-15-10-8-14(9-11-15)18-13-19(21)16-6-4-5-7-17(16)20-18/h4-11,18,20H,2-3,12-13H2,1H3. The second-order valence-electron chi connectivity index (χ2n) is 5.64. The van der Waals surface area contributed by atoms with Gasteiger partial charge in [0.25, 0.3) is 0 Å². The third kappa shape index (κ3) is 3.14. The molecule has 1 unspecified atom stereocenters. The molecule has 0 saturated carbocycles. The summed E-state index contributed by atoms with van der Waals surface area (Å²) in [5.41, 5.74) is 2.83. The Kier molecular flexibility index (Phi) is 4.42. The molecule has 3 heteroatoms. The van der Waals surface area contributed by atoms with Gasteiger partial charge >= 0.3 is 0 Å². The Labute approximate surface area is 131 Å². The Morgan fingerprint density at radius 1 is 1.14 bits per heavy atom. The van der Waals surface area contributed by atoms with Crippen LogP contribution >= 0.6 is 0 Å². The summed E-state index contributed by atoms with van der Waals surface area (Å²) < 4.78 is 5.68. The van der Waals surface area contributed by atoms with Crippen molar-refractivity contribution in [3.63, 3.8) is 0 Å². The van der Waals surface area contributed by atoms with Gasteiger partial charge in [-0.05, 0) is 36.2 Å². The van der Waals surface area contributed by atoms with Crippen LogP contribution in [0, 0.1) is 0 Å². The minimum Gasteiger partial charge on any atom is -0.494 e. The van der Waals surface area contributed by atoms with Crippen LogP contribution in [0.4, 0.5) is 5.69 Å². The number of hydrogen-bond donors (Lipinski definition) is 1. The number of para-hydroxylation sites is 1. The molecule has 0 fully saturated rings. The van der Waals surface area contributed by atoms with Crippen molar-refractivity contribution in [2.45, 2.75) is 32.2 Å². The largest absolute Gasteiger partial charge is 0.494 e. The Bertz CT molecular complexity index is 649. The number of ketones is 1. The molecule has 0 aromatic heterocycles. The molecule has 1 atom stereocenters. The molecule has 0 aliphatic carbocycles. The number of rotatable bonds is 5. The first-order valence-electron chi connectivity index (χ1n) is 7.89. The molecule has 2 aromatic carbocycles. The van der Waals surface area contributed by atoms with Crippen LogP contribution in [-0.2, 0) is 0 Å². The average molecular weight is 295 g/mol. The summed E-state index contributed by atoms with van der Waals surface area (Å²) in [7, 11) is 0. The normalized spacial score (nSPS) is 16.8. The van der Waals surface area contributed by atoms with E-state index in [1.807, 2.05) is 48.5 Å². The number of carbonyl (C=O) groups is 1. The van der Waals surface area contributed by atoms with Gasteiger partial charge in [-0.25, -0.2) is 0 Å². The molecule has 0 spiro atoms. The van der Waals surface area contributed by atoms with Crippen molar-refractivity contribution in [1.82, 2.24) is 0 Å². The number of carbonyl (C=O) groups excluding carboxylic acids is 1. The van der Waals surface area contributed by atoms with E-state index >= 15 is 0 Å². The van der Waals surface area contributed by atoms with E-state index in [-0.39, 0.29) is 11.8 Å². The van der Waals surface area contributed by atoms with Crippen molar-refractivity contribution >= 4 is 11.5 Å². The van der Waals surface area contributed by atoms with Crippen LogP contribution in [0.25, 0.3) is 0 Å². The van der Waals surface area contributed by atoms with Gasteiger partial charge in [0, 0.05) is 17.7 Å². The number of nitrogens with one attached hydrogen (secondary N) is 1. The van der Waals surface area contributed by atoms with Gasteiger partial charge in [0.2, 0.25) is 0 Å². The molecule has 114 valence electrons. The van der Waals surface area contributed by atoms with E-state index in [0.717, 1.165) is 42.0 Å². The highest BCUT2D eigenvalue weighted by atomic mass is 16.5. The second kappa shape index (κ2) is 6.65. The fourth-order valence-electron chi connectivity index (χ4n) is 2.72. The zero-order chi connectivity index (χ0) is 15.4. The fraction of sp³-hybridized carbons (Fsp3) is 0.316. The van der Waals surface area contributed by atoms with Crippen LogP contribution < -0.4 is 10.1 Å². The first-order chi connectivity index (χ1) is 10.8. The molecule has 1 heterocycles. The predicted molar refractivity (Wildman–Crippen MR) is 88.6 cm³/mol. The summed E-state index contributed by atoms with van der Waals surface area (Å²) in [4.78, 5) is 12.2. The molecular weight excluding hydrogens is 274 g/mol. The molecule has 1 aliphatic rings. The van der Waals surface area contributed by atoms with Gasteiger partial charge in [-0.1, -0.05) is 37.6 Å². The van der Waals surface area contributed by atoms with Crippen molar-refractivity contribution in [2.75, 3.05) is 11.9 Å². The second-order valence-corrected chi connectivity index (χ2v) is 5.64. The summed E-state index contributed by atoms with van der Waals surface area (Å²) in [6.07, 6.45) is 2.69. The molecule has 2 aromatic rings. The van der Waals surface area contributed by atoms with E-state index in [9.17, 15) is 4.79 Å². The minimum absolute atomic E-state index is 0.0343. The highest BCUT2D eigenvalue weighted by molar-refractivity contribution is 6.03. The van der Waals surface area contributed by atoms with Crippen LogP contribution in [0.15, 0.2) is 48.5 Å². The SMILES string of the molecule is CCCCOc1ccc(C2CC(=O)c3ccccc3N2)cc1. The smallest absolute Gasteiger partial charge is 0.167 e. The zero-order valence-corrected chi connectivity index (χ0v) is 12.8. The quantitative estimate of drug-likeness (QED) is 0.819. The molecule has 0 amide bonds. The highest BCUT2D eigenvalue weighted by Crippen LogP contribution is 2.32. The molecule has 22 heavy (non-hydrogen) atoms. The van der Waals surface area contributed by atoms with Crippen molar-refractivity contribution in [3.8, 4) is 5.75 Å². The maximum Gasteiger partial charge on any atom is 0.167 e. The highest BCUT2D eigenvalue weighted by Gasteiger charge is 2.24. The lowest BCUT2D eigenvalue weighted by atomic mass is 9.92. The molecular formula is C19H21NO2. The van der Waals surface area contributed by atoms with Crippen molar-refractivity contribution in [3.05, 3.63) is 59.7 Å². The Morgan fingerprint density at radius 3 is 2.68 bits per heavy atom. The predicted octanol–water partition coefficient (Wildman–Crippen LogP) is 4.61. The summed E-state index contributed by atoms with van der Waals surface area (Å²) in [6, 6.07) is 15.8. The summed E-state index contributed by atoms with van der Waals surface area (Å²) in [5, 5.41) is 3.45. The number of anilines is 1. The fourth-order valence-corrected chi connectivity index (χ4v) is 2.72. The number of benzene rings is 2. The Morgan fingerprint density at radius 2 is 1.91 bits per heavy atom. The molecule has 3 nitrogen and oxygen atoms in total. The van der Waals surface area contributed by atoms with Crippen LogP contribution in [0.5, 0.6) is 5.75 Å². The van der Waals surface area contributed by atoms with E-state index in [2.05, 4.69) is 12.2 Å². The van der Waals surface area contributed by atoms with Gasteiger partial charge in [-0.3, -0.25) is 4.79 Å².